The highest BCUT2D eigenvalue weighted by molar-refractivity contribution is 5.90. The Morgan fingerprint density at radius 2 is 1.93 bits per heavy atom. The summed E-state index contributed by atoms with van der Waals surface area (Å²) in [7, 11) is 1.99. The molecule has 1 N–H and O–H groups in total. The van der Waals surface area contributed by atoms with Crippen LogP contribution in [0.4, 0.5) is 14.9 Å². The second-order valence-corrected chi connectivity index (χ2v) is 6.95. The molecule has 0 radical (unpaired) electrons. The number of likely N-dealkylation sites (N-methyl/N-ethyl adjacent to an activating group) is 1. The maximum absolute atomic E-state index is 12.6. The van der Waals surface area contributed by atoms with Gasteiger partial charge in [-0.25, -0.2) is 9.18 Å². The summed E-state index contributed by atoms with van der Waals surface area (Å²) in [5, 5.41) is 2.84. The molecule has 2 fully saturated rings. The number of hydrogen-bond donors (Lipinski definition) is 1. The summed E-state index contributed by atoms with van der Waals surface area (Å²) in [6, 6.07) is 6.67. The van der Waals surface area contributed by atoms with E-state index in [-0.39, 0.29) is 24.6 Å². The number of carbonyl (C=O) groups is 2. The second kappa shape index (κ2) is 9.03. The van der Waals surface area contributed by atoms with E-state index in [0.717, 1.165) is 19.4 Å². The fourth-order valence-electron chi connectivity index (χ4n) is 3.59. The molecule has 3 rings (SSSR count). The first-order valence-electron chi connectivity index (χ1n) is 9.42. The average Bonchev–Trinajstić information content (AvgIpc) is 3.12. The third-order valence-corrected chi connectivity index (χ3v) is 5.12. The van der Waals surface area contributed by atoms with Gasteiger partial charge in [0, 0.05) is 37.9 Å². The molecule has 2 aliphatic rings. The molecule has 1 aromatic rings. The van der Waals surface area contributed by atoms with E-state index in [4.69, 9.17) is 4.74 Å². The summed E-state index contributed by atoms with van der Waals surface area (Å²) in [6.45, 7) is 2.51. The molecule has 0 saturated carbocycles. The fraction of sp³-hybridized carbons (Fsp3) is 0.579. The van der Waals surface area contributed by atoms with Crippen molar-refractivity contribution in [2.75, 3.05) is 58.4 Å². The quantitative estimate of drug-likeness (QED) is 0.849. The molecule has 27 heavy (non-hydrogen) atoms. The van der Waals surface area contributed by atoms with Crippen molar-refractivity contribution < 1.29 is 18.7 Å². The summed E-state index contributed by atoms with van der Waals surface area (Å²) < 4.78 is 17.4. The third-order valence-electron chi connectivity index (χ3n) is 5.12. The van der Waals surface area contributed by atoms with E-state index in [2.05, 4.69) is 10.2 Å². The normalized spacial score (nSPS) is 20.6. The van der Waals surface area contributed by atoms with Crippen LogP contribution in [0.25, 0.3) is 0 Å². The van der Waals surface area contributed by atoms with Crippen molar-refractivity contribution in [2.45, 2.75) is 18.9 Å². The Balaban J connectivity index is 1.49. The van der Waals surface area contributed by atoms with Crippen LogP contribution in [-0.2, 0) is 4.79 Å². The number of ether oxygens (including phenoxy) is 1. The lowest BCUT2D eigenvalue weighted by Gasteiger charge is -2.36. The van der Waals surface area contributed by atoms with E-state index in [1.807, 2.05) is 11.9 Å². The lowest BCUT2D eigenvalue weighted by Crippen LogP contribution is -2.55. The number of benzene rings is 1. The predicted molar refractivity (Wildman–Crippen MR) is 101 cm³/mol. The van der Waals surface area contributed by atoms with Crippen LogP contribution >= 0.6 is 0 Å². The van der Waals surface area contributed by atoms with E-state index < -0.39 is 6.67 Å². The second-order valence-electron chi connectivity index (χ2n) is 6.95. The summed E-state index contributed by atoms with van der Waals surface area (Å²) in [5.41, 5.74) is 0.599. The number of halogens is 1. The molecule has 0 aliphatic carbocycles. The molecule has 0 spiro atoms. The van der Waals surface area contributed by atoms with Crippen molar-refractivity contribution >= 4 is 17.6 Å². The maximum Gasteiger partial charge on any atom is 0.321 e. The molecule has 148 valence electrons. The molecule has 2 aliphatic heterocycles. The number of alkyl halides is 1. The van der Waals surface area contributed by atoms with Crippen molar-refractivity contribution in [3.05, 3.63) is 24.3 Å². The lowest BCUT2D eigenvalue weighted by molar-refractivity contribution is -0.136. The van der Waals surface area contributed by atoms with Crippen LogP contribution in [0.15, 0.2) is 24.3 Å². The van der Waals surface area contributed by atoms with Gasteiger partial charge in [-0.2, -0.15) is 0 Å². The summed E-state index contributed by atoms with van der Waals surface area (Å²) >= 11 is 0. The Hall–Kier alpha value is -2.35. The van der Waals surface area contributed by atoms with Crippen LogP contribution in [-0.4, -0.2) is 85.7 Å². The molecule has 1 unspecified atom stereocenters. The minimum absolute atomic E-state index is 0.0103. The first kappa shape index (κ1) is 19.4. The monoisotopic (exact) mass is 378 g/mol. The van der Waals surface area contributed by atoms with Gasteiger partial charge in [0.2, 0.25) is 5.91 Å². The average molecular weight is 378 g/mol. The van der Waals surface area contributed by atoms with Crippen LogP contribution in [0.1, 0.15) is 12.8 Å². The van der Waals surface area contributed by atoms with Crippen molar-refractivity contribution in [1.29, 1.82) is 0 Å². The summed E-state index contributed by atoms with van der Waals surface area (Å²) in [6.07, 6.45) is 1.97. The molecule has 1 aromatic carbocycles. The zero-order chi connectivity index (χ0) is 19.2. The number of carbonyl (C=O) groups excluding carboxylic acids is 2. The molecule has 2 saturated heterocycles. The van der Waals surface area contributed by atoms with Crippen LogP contribution in [0.2, 0.25) is 0 Å². The molecular formula is C19H27FN4O3. The molecule has 3 amide bonds. The number of urea groups is 1. The Labute approximate surface area is 159 Å². The number of amides is 3. The van der Waals surface area contributed by atoms with Gasteiger partial charge in [-0.05, 0) is 38.6 Å². The zero-order valence-corrected chi connectivity index (χ0v) is 15.7. The number of rotatable bonds is 5. The van der Waals surface area contributed by atoms with Crippen molar-refractivity contribution in [2.24, 2.45) is 0 Å². The number of anilines is 1. The van der Waals surface area contributed by atoms with Gasteiger partial charge in [0.15, 0.2) is 0 Å². The number of nitrogens with one attached hydrogen (secondary N) is 1. The van der Waals surface area contributed by atoms with Gasteiger partial charge < -0.3 is 19.9 Å². The summed E-state index contributed by atoms with van der Waals surface area (Å²) in [5.74, 6) is 0.689. The maximum atomic E-state index is 12.6. The molecule has 0 bridgehead atoms. The van der Waals surface area contributed by atoms with E-state index >= 15 is 0 Å². The Morgan fingerprint density at radius 1 is 1.19 bits per heavy atom. The highest BCUT2D eigenvalue weighted by atomic mass is 19.1. The third kappa shape index (κ3) is 4.88. The Morgan fingerprint density at radius 3 is 2.59 bits per heavy atom. The van der Waals surface area contributed by atoms with Crippen molar-refractivity contribution in [3.8, 4) is 5.75 Å². The van der Waals surface area contributed by atoms with E-state index in [9.17, 15) is 14.0 Å². The molecule has 1 atom stereocenters. The van der Waals surface area contributed by atoms with E-state index in [0.29, 0.717) is 37.6 Å². The van der Waals surface area contributed by atoms with Gasteiger partial charge in [0.25, 0.3) is 0 Å². The van der Waals surface area contributed by atoms with Crippen LogP contribution in [0.3, 0.4) is 0 Å². The van der Waals surface area contributed by atoms with Crippen LogP contribution in [0, 0.1) is 0 Å². The number of hydrogen-bond acceptors (Lipinski definition) is 4. The SMILES string of the molecule is CN1CCCC1C(=O)N1CCN(C(=O)Nc2cccc(OCCF)c2)CC1. The fourth-order valence-corrected chi connectivity index (χ4v) is 3.59. The largest absolute Gasteiger partial charge is 0.491 e. The van der Waals surface area contributed by atoms with Crippen LogP contribution in [0.5, 0.6) is 5.75 Å². The first-order valence-corrected chi connectivity index (χ1v) is 9.42. The number of likely N-dealkylation sites (tertiary alicyclic amines) is 1. The van der Waals surface area contributed by atoms with Crippen LogP contribution < -0.4 is 10.1 Å². The van der Waals surface area contributed by atoms with Gasteiger partial charge in [-0.3, -0.25) is 9.69 Å². The molecule has 8 heteroatoms. The van der Waals surface area contributed by atoms with E-state index in [1.165, 1.54) is 0 Å². The highest BCUT2D eigenvalue weighted by Gasteiger charge is 2.33. The van der Waals surface area contributed by atoms with E-state index in [1.54, 1.807) is 29.2 Å². The van der Waals surface area contributed by atoms with Crippen molar-refractivity contribution in [1.82, 2.24) is 14.7 Å². The van der Waals surface area contributed by atoms with Gasteiger partial charge >= 0.3 is 6.03 Å². The highest BCUT2D eigenvalue weighted by Crippen LogP contribution is 2.20. The summed E-state index contributed by atoms with van der Waals surface area (Å²) in [4.78, 5) is 30.8. The van der Waals surface area contributed by atoms with Gasteiger partial charge in [-0.15, -0.1) is 0 Å². The zero-order valence-electron chi connectivity index (χ0n) is 15.7. The number of piperazine rings is 1. The minimum Gasteiger partial charge on any atom is -0.491 e. The number of nitrogens with zero attached hydrogens (tertiary/aromatic N) is 3. The predicted octanol–water partition coefficient (Wildman–Crippen LogP) is 1.81. The first-order chi connectivity index (χ1) is 13.1. The topological polar surface area (TPSA) is 65.1 Å². The lowest BCUT2D eigenvalue weighted by atomic mass is 10.2. The smallest absolute Gasteiger partial charge is 0.321 e. The molecule has 7 nitrogen and oxygen atoms in total. The standard InChI is InChI=1S/C19H27FN4O3/c1-22-8-3-6-17(22)18(25)23-9-11-24(12-10-23)19(26)21-15-4-2-5-16(14-15)27-13-7-20/h2,4-5,14,17H,3,6-13H2,1H3,(H,21,26). The Kier molecular flexibility index (Phi) is 6.49. The van der Waals surface area contributed by atoms with Gasteiger partial charge in [0.1, 0.15) is 19.0 Å². The molecule has 0 aromatic heterocycles. The Bertz CT molecular complexity index is 664. The molecular weight excluding hydrogens is 351 g/mol. The van der Waals surface area contributed by atoms with Crippen molar-refractivity contribution in [3.63, 3.8) is 0 Å². The minimum atomic E-state index is -0.559. The van der Waals surface area contributed by atoms with Gasteiger partial charge in [-0.1, -0.05) is 6.07 Å². The van der Waals surface area contributed by atoms with Gasteiger partial charge in [0.05, 0.1) is 6.04 Å². The molecule has 2 heterocycles.